The summed E-state index contributed by atoms with van der Waals surface area (Å²) < 4.78 is 8.14. The van der Waals surface area contributed by atoms with Gasteiger partial charge in [0.05, 0.1) is 16.8 Å². The maximum Gasteiger partial charge on any atom is 0.348 e. The van der Waals surface area contributed by atoms with Crippen molar-refractivity contribution < 1.29 is 4.74 Å². The third-order valence-corrected chi connectivity index (χ3v) is 4.33. The first kappa shape index (κ1) is 15.6. The number of nitrogen functional groups attached to an aromatic ring is 1. The molecule has 0 aliphatic carbocycles. The number of anilines is 1. The normalized spacial score (nSPS) is 10.6. The lowest BCUT2D eigenvalue weighted by atomic mass is 10.3. The van der Waals surface area contributed by atoms with E-state index in [0.29, 0.717) is 31.0 Å². The van der Waals surface area contributed by atoms with Crippen molar-refractivity contribution in [3.8, 4) is 5.75 Å². The SMILES string of the molecule is Cc1nc(=O)n(CCCOc2cccc(N)c2)c(C)c1Br. The molecule has 0 saturated carbocycles. The van der Waals surface area contributed by atoms with Crippen LogP contribution >= 0.6 is 15.9 Å². The molecule has 2 rings (SSSR count). The summed E-state index contributed by atoms with van der Waals surface area (Å²) in [6.07, 6.45) is 0.715. The Morgan fingerprint density at radius 2 is 2.14 bits per heavy atom. The minimum atomic E-state index is -0.225. The number of aryl methyl sites for hydroxylation is 1. The number of aromatic nitrogens is 2. The zero-order chi connectivity index (χ0) is 15.4. The first-order chi connectivity index (χ1) is 9.99. The van der Waals surface area contributed by atoms with E-state index in [1.165, 1.54) is 0 Å². The number of halogens is 1. The first-order valence-electron chi connectivity index (χ1n) is 6.71. The molecule has 0 unspecified atom stereocenters. The Labute approximate surface area is 131 Å². The number of nitrogens with two attached hydrogens (primary N) is 1. The van der Waals surface area contributed by atoms with Gasteiger partial charge in [-0.1, -0.05) is 6.07 Å². The van der Waals surface area contributed by atoms with Crippen LogP contribution in [0.3, 0.4) is 0 Å². The molecular weight excluding hydrogens is 334 g/mol. The largest absolute Gasteiger partial charge is 0.493 e. The lowest BCUT2D eigenvalue weighted by molar-refractivity contribution is 0.300. The lowest BCUT2D eigenvalue weighted by Crippen LogP contribution is -2.27. The van der Waals surface area contributed by atoms with Crippen molar-refractivity contribution >= 4 is 21.6 Å². The van der Waals surface area contributed by atoms with Crippen molar-refractivity contribution in [2.45, 2.75) is 26.8 Å². The Balaban J connectivity index is 1.95. The second-order valence-corrected chi connectivity index (χ2v) is 5.60. The second kappa shape index (κ2) is 6.76. The van der Waals surface area contributed by atoms with E-state index in [9.17, 15) is 4.79 Å². The maximum absolute atomic E-state index is 11.9. The Bertz CT molecular complexity index is 698. The smallest absolute Gasteiger partial charge is 0.348 e. The predicted octanol–water partition coefficient (Wildman–Crippen LogP) is 2.67. The summed E-state index contributed by atoms with van der Waals surface area (Å²) in [6, 6.07) is 7.30. The second-order valence-electron chi connectivity index (χ2n) is 4.81. The van der Waals surface area contributed by atoms with Crippen molar-refractivity contribution in [2.75, 3.05) is 12.3 Å². The lowest BCUT2D eigenvalue weighted by Gasteiger charge is -2.12. The first-order valence-corrected chi connectivity index (χ1v) is 7.50. The maximum atomic E-state index is 11.9. The van der Waals surface area contributed by atoms with Crippen LogP contribution in [-0.4, -0.2) is 16.2 Å². The van der Waals surface area contributed by atoms with Gasteiger partial charge < -0.3 is 10.5 Å². The van der Waals surface area contributed by atoms with Gasteiger partial charge in [0.25, 0.3) is 0 Å². The van der Waals surface area contributed by atoms with Crippen LogP contribution in [0.15, 0.2) is 33.5 Å². The van der Waals surface area contributed by atoms with E-state index in [-0.39, 0.29) is 5.69 Å². The Morgan fingerprint density at radius 3 is 2.86 bits per heavy atom. The Hall–Kier alpha value is -1.82. The van der Waals surface area contributed by atoms with E-state index >= 15 is 0 Å². The van der Waals surface area contributed by atoms with E-state index in [1.54, 1.807) is 10.6 Å². The van der Waals surface area contributed by atoms with Crippen molar-refractivity contribution in [2.24, 2.45) is 0 Å². The summed E-state index contributed by atoms with van der Waals surface area (Å²) in [5, 5.41) is 0. The average molecular weight is 352 g/mol. The van der Waals surface area contributed by atoms with Crippen LogP contribution in [0.1, 0.15) is 17.8 Å². The van der Waals surface area contributed by atoms with Crippen LogP contribution < -0.4 is 16.2 Å². The molecule has 1 heterocycles. The molecule has 1 aromatic carbocycles. The Kier molecular flexibility index (Phi) is 5.01. The van der Waals surface area contributed by atoms with Gasteiger partial charge in [-0.25, -0.2) is 4.79 Å². The Morgan fingerprint density at radius 1 is 1.38 bits per heavy atom. The van der Waals surface area contributed by atoms with Gasteiger partial charge in [0.15, 0.2) is 0 Å². The van der Waals surface area contributed by atoms with Crippen LogP contribution in [0.25, 0.3) is 0 Å². The highest BCUT2D eigenvalue weighted by Gasteiger charge is 2.08. The van der Waals surface area contributed by atoms with Gasteiger partial charge in [-0.15, -0.1) is 0 Å². The fraction of sp³-hybridized carbons (Fsp3) is 0.333. The molecule has 0 fully saturated rings. The summed E-state index contributed by atoms with van der Waals surface area (Å²) in [4.78, 5) is 15.9. The molecule has 0 atom stereocenters. The number of ether oxygens (including phenoxy) is 1. The van der Waals surface area contributed by atoms with Gasteiger partial charge in [0.2, 0.25) is 0 Å². The molecule has 1 aromatic heterocycles. The summed E-state index contributed by atoms with van der Waals surface area (Å²) in [7, 11) is 0. The van der Waals surface area contributed by atoms with E-state index < -0.39 is 0 Å². The van der Waals surface area contributed by atoms with Crippen molar-refractivity contribution in [1.29, 1.82) is 0 Å². The summed E-state index contributed by atoms with van der Waals surface area (Å²) in [5.41, 5.74) is 7.73. The molecular formula is C15H18BrN3O2. The molecule has 0 amide bonds. The van der Waals surface area contributed by atoms with Crippen molar-refractivity contribution in [3.63, 3.8) is 0 Å². The third-order valence-electron chi connectivity index (χ3n) is 3.19. The predicted molar refractivity (Wildman–Crippen MR) is 86.6 cm³/mol. The molecule has 0 radical (unpaired) electrons. The van der Waals surface area contributed by atoms with E-state index in [0.717, 1.165) is 15.9 Å². The number of hydrogen-bond donors (Lipinski definition) is 1. The monoisotopic (exact) mass is 351 g/mol. The van der Waals surface area contributed by atoms with Gasteiger partial charge in [-0.05, 0) is 48.3 Å². The van der Waals surface area contributed by atoms with Crippen LogP contribution in [0.4, 0.5) is 5.69 Å². The average Bonchev–Trinajstić information content (AvgIpc) is 2.44. The molecule has 0 spiro atoms. The number of hydrogen-bond acceptors (Lipinski definition) is 4. The molecule has 21 heavy (non-hydrogen) atoms. The molecule has 2 aromatic rings. The molecule has 5 nitrogen and oxygen atoms in total. The third kappa shape index (κ3) is 3.85. The molecule has 2 N–H and O–H groups in total. The fourth-order valence-corrected chi connectivity index (χ4v) is 2.36. The minimum Gasteiger partial charge on any atom is -0.493 e. The molecule has 0 saturated heterocycles. The topological polar surface area (TPSA) is 70.1 Å². The minimum absolute atomic E-state index is 0.225. The van der Waals surface area contributed by atoms with Gasteiger partial charge >= 0.3 is 5.69 Å². The highest BCUT2D eigenvalue weighted by atomic mass is 79.9. The quantitative estimate of drug-likeness (QED) is 0.664. The summed E-state index contributed by atoms with van der Waals surface area (Å²) in [5.74, 6) is 0.738. The fourth-order valence-electron chi connectivity index (χ4n) is 2.06. The standard InChI is InChI=1S/C15H18BrN3O2/c1-10-14(16)11(2)19(15(20)18-10)7-4-8-21-13-6-3-5-12(17)9-13/h3,5-6,9H,4,7-8,17H2,1-2H3. The molecule has 112 valence electrons. The van der Waals surface area contributed by atoms with E-state index in [4.69, 9.17) is 10.5 Å². The highest BCUT2D eigenvalue weighted by molar-refractivity contribution is 9.10. The number of benzene rings is 1. The van der Waals surface area contributed by atoms with Gasteiger partial charge in [0, 0.05) is 24.0 Å². The number of nitrogens with zero attached hydrogens (tertiary/aromatic N) is 2. The zero-order valence-electron chi connectivity index (χ0n) is 12.1. The summed E-state index contributed by atoms with van der Waals surface area (Å²) >= 11 is 3.45. The van der Waals surface area contributed by atoms with Crippen molar-refractivity contribution in [3.05, 3.63) is 50.6 Å². The van der Waals surface area contributed by atoms with Gasteiger partial charge in [-0.3, -0.25) is 4.57 Å². The van der Waals surface area contributed by atoms with E-state index in [2.05, 4.69) is 20.9 Å². The summed E-state index contributed by atoms with van der Waals surface area (Å²) in [6.45, 7) is 4.80. The molecule has 0 bridgehead atoms. The zero-order valence-corrected chi connectivity index (χ0v) is 13.7. The van der Waals surface area contributed by atoms with Crippen LogP contribution in [0, 0.1) is 13.8 Å². The van der Waals surface area contributed by atoms with Crippen LogP contribution in [0.5, 0.6) is 5.75 Å². The van der Waals surface area contributed by atoms with Gasteiger partial charge in [0.1, 0.15) is 5.75 Å². The number of rotatable bonds is 5. The van der Waals surface area contributed by atoms with Crippen LogP contribution in [0.2, 0.25) is 0 Å². The molecule has 6 heteroatoms. The molecule has 0 aliphatic rings. The van der Waals surface area contributed by atoms with E-state index in [1.807, 2.05) is 32.0 Å². The van der Waals surface area contributed by atoms with Gasteiger partial charge in [-0.2, -0.15) is 4.98 Å². The van der Waals surface area contributed by atoms with Crippen LogP contribution in [-0.2, 0) is 6.54 Å². The molecule has 0 aliphatic heterocycles. The van der Waals surface area contributed by atoms with Crippen molar-refractivity contribution in [1.82, 2.24) is 9.55 Å². The highest BCUT2D eigenvalue weighted by Crippen LogP contribution is 2.17.